The number of ketones is 2. The van der Waals surface area contributed by atoms with Crippen molar-refractivity contribution in [2.75, 3.05) is 19.8 Å². The molecule has 0 spiro atoms. The van der Waals surface area contributed by atoms with Gasteiger partial charge in [-0.05, 0) is 6.08 Å². The molecular formula is C21H25NO5. The lowest BCUT2D eigenvalue weighted by Gasteiger charge is -2.30. The van der Waals surface area contributed by atoms with Gasteiger partial charge in [-0.15, -0.1) is 0 Å². The predicted molar refractivity (Wildman–Crippen MR) is 99.5 cm³/mol. The molecule has 6 nitrogen and oxygen atoms in total. The number of rotatable bonds is 5. The maximum atomic E-state index is 12.8. The second-order valence-corrected chi connectivity index (χ2v) is 7.95. The Balaban J connectivity index is 1.72. The monoisotopic (exact) mass is 371 g/mol. The Labute approximate surface area is 158 Å². The Morgan fingerprint density at radius 3 is 2.37 bits per heavy atom. The Morgan fingerprint density at radius 2 is 1.74 bits per heavy atom. The standard InChI is InChI=1S/C21H25NO5/c1-20(2,3)19(25)22-9-8-21(26-10-11-27-21)13-14-12-17(23)15-6-4-5-7-16(15)18(14)24/h4-7,12H,8-11,13H2,1-3H3,(H,22,25). The maximum Gasteiger partial charge on any atom is 0.225 e. The van der Waals surface area contributed by atoms with Crippen molar-refractivity contribution >= 4 is 17.5 Å². The lowest BCUT2D eigenvalue weighted by atomic mass is 9.86. The van der Waals surface area contributed by atoms with Gasteiger partial charge in [-0.1, -0.05) is 45.0 Å². The molecule has 0 atom stereocenters. The number of benzene rings is 1. The average molecular weight is 371 g/mol. The van der Waals surface area contributed by atoms with Crippen LogP contribution in [0.1, 0.15) is 54.3 Å². The number of ether oxygens (including phenoxy) is 2. The summed E-state index contributed by atoms with van der Waals surface area (Å²) in [5, 5.41) is 2.88. The summed E-state index contributed by atoms with van der Waals surface area (Å²) >= 11 is 0. The number of fused-ring (bicyclic) bond motifs is 1. The van der Waals surface area contributed by atoms with Gasteiger partial charge in [-0.3, -0.25) is 14.4 Å². The third-order valence-corrected chi connectivity index (χ3v) is 4.78. The predicted octanol–water partition coefficient (Wildman–Crippen LogP) is 2.68. The smallest absolute Gasteiger partial charge is 0.225 e. The molecular weight excluding hydrogens is 346 g/mol. The van der Waals surface area contributed by atoms with E-state index in [2.05, 4.69) is 5.32 Å². The molecule has 0 saturated carbocycles. The van der Waals surface area contributed by atoms with Crippen LogP contribution in [0.15, 0.2) is 35.9 Å². The Morgan fingerprint density at radius 1 is 1.11 bits per heavy atom. The molecule has 1 fully saturated rings. The molecule has 0 radical (unpaired) electrons. The first-order valence-electron chi connectivity index (χ1n) is 9.17. The highest BCUT2D eigenvalue weighted by Crippen LogP contribution is 2.34. The van der Waals surface area contributed by atoms with Crippen LogP contribution in [-0.2, 0) is 14.3 Å². The van der Waals surface area contributed by atoms with Crippen molar-refractivity contribution in [2.45, 2.75) is 39.4 Å². The van der Waals surface area contributed by atoms with E-state index in [-0.39, 0.29) is 23.9 Å². The van der Waals surface area contributed by atoms with Crippen LogP contribution < -0.4 is 5.32 Å². The number of amides is 1. The highest BCUT2D eigenvalue weighted by Gasteiger charge is 2.40. The molecule has 1 N–H and O–H groups in total. The zero-order valence-electron chi connectivity index (χ0n) is 16.0. The summed E-state index contributed by atoms with van der Waals surface area (Å²) in [6.45, 7) is 6.72. The molecule has 1 amide bonds. The zero-order chi connectivity index (χ0) is 19.7. The minimum atomic E-state index is -1.00. The van der Waals surface area contributed by atoms with E-state index in [1.807, 2.05) is 20.8 Å². The molecule has 0 unspecified atom stereocenters. The van der Waals surface area contributed by atoms with Gasteiger partial charge in [0.05, 0.1) is 13.2 Å². The van der Waals surface area contributed by atoms with Crippen LogP contribution in [0.5, 0.6) is 0 Å². The molecule has 0 bridgehead atoms. The molecule has 1 aliphatic carbocycles. The van der Waals surface area contributed by atoms with Crippen molar-refractivity contribution in [3.8, 4) is 0 Å². The molecule has 1 saturated heterocycles. The normalized spacial score (nSPS) is 18.9. The lowest BCUT2D eigenvalue weighted by Crippen LogP contribution is -2.40. The molecule has 27 heavy (non-hydrogen) atoms. The molecule has 6 heteroatoms. The Hall–Kier alpha value is -2.31. The van der Waals surface area contributed by atoms with Crippen molar-refractivity contribution in [2.24, 2.45) is 5.41 Å². The SMILES string of the molecule is CC(C)(C)C(=O)NCCC1(CC2=CC(=O)c3ccccc3C2=O)OCCO1. The number of allylic oxidation sites excluding steroid dienone is 1. The Kier molecular flexibility index (Phi) is 5.31. The highest BCUT2D eigenvalue weighted by atomic mass is 16.7. The maximum absolute atomic E-state index is 12.8. The fraction of sp³-hybridized carbons (Fsp3) is 0.476. The number of carbonyl (C=O) groups is 3. The van der Waals surface area contributed by atoms with Crippen molar-refractivity contribution in [3.05, 3.63) is 47.0 Å². The molecule has 144 valence electrons. The lowest BCUT2D eigenvalue weighted by molar-refractivity contribution is -0.160. The quantitative estimate of drug-likeness (QED) is 0.861. The van der Waals surface area contributed by atoms with Crippen LogP contribution in [0.25, 0.3) is 0 Å². The van der Waals surface area contributed by atoms with Gasteiger partial charge >= 0.3 is 0 Å². The van der Waals surface area contributed by atoms with E-state index in [0.29, 0.717) is 42.9 Å². The van der Waals surface area contributed by atoms with Gasteiger partial charge in [-0.25, -0.2) is 0 Å². The molecule has 1 aromatic carbocycles. The third-order valence-electron chi connectivity index (χ3n) is 4.78. The van der Waals surface area contributed by atoms with E-state index in [9.17, 15) is 14.4 Å². The van der Waals surface area contributed by atoms with E-state index in [4.69, 9.17) is 9.47 Å². The van der Waals surface area contributed by atoms with E-state index in [1.165, 1.54) is 6.08 Å². The van der Waals surface area contributed by atoms with E-state index >= 15 is 0 Å². The summed E-state index contributed by atoms with van der Waals surface area (Å²) in [4.78, 5) is 37.2. The summed E-state index contributed by atoms with van der Waals surface area (Å²) in [6.07, 6.45) is 1.96. The van der Waals surface area contributed by atoms with Gasteiger partial charge in [0.2, 0.25) is 5.91 Å². The van der Waals surface area contributed by atoms with Gasteiger partial charge in [0.1, 0.15) is 0 Å². The largest absolute Gasteiger partial charge is 0.355 e. The second kappa shape index (κ2) is 7.37. The van der Waals surface area contributed by atoms with Crippen LogP contribution >= 0.6 is 0 Å². The molecule has 2 aliphatic rings. The fourth-order valence-corrected chi connectivity index (χ4v) is 3.26. The molecule has 1 aromatic rings. The number of hydrogen-bond donors (Lipinski definition) is 1. The van der Waals surface area contributed by atoms with Crippen molar-refractivity contribution in [3.63, 3.8) is 0 Å². The first-order valence-corrected chi connectivity index (χ1v) is 9.17. The Bertz CT molecular complexity index is 797. The molecule has 0 aromatic heterocycles. The van der Waals surface area contributed by atoms with E-state index in [0.717, 1.165) is 0 Å². The summed E-state index contributed by atoms with van der Waals surface area (Å²) in [6, 6.07) is 6.80. The first kappa shape index (κ1) is 19.5. The third kappa shape index (κ3) is 4.17. The summed E-state index contributed by atoms with van der Waals surface area (Å²) < 4.78 is 11.6. The van der Waals surface area contributed by atoms with Crippen molar-refractivity contribution in [1.82, 2.24) is 5.32 Å². The first-order chi connectivity index (χ1) is 12.7. The summed E-state index contributed by atoms with van der Waals surface area (Å²) in [5.74, 6) is -1.43. The average Bonchev–Trinajstić information content (AvgIpc) is 3.07. The van der Waals surface area contributed by atoms with Crippen molar-refractivity contribution in [1.29, 1.82) is 0 Å². The van der Waals surface area contributed by atoms with E-state index < -0.39 is 11.2 Å². The van der Waals surface area contributed by atoms with E-state index in [1.54, 1.807) is 24.3 Å². The molecule has 1 aliphatic heterocycles. The van der Waals surface area contributed by atoms with Crippen LogP contribution in [0, 0.1) is 5.41 Å². The molecule has 3 rings (SSSR count). The van der Waals surface area contributed by atoms with Crippen molar-refractivity contribution < 1.29 is 23.9 Å². The number of hydrogen-bond acceptors (Lipinski definition) is 5. The minimum absolute atomic E-state index is 0.0623. The van der Waals surface area contributed by atoms with Crippen LogP contribution in [0.4, 0.5) is 0 Å². The second-order valence-electron chi connectivity index (χ2n) is 7.95. The zero-order valence-corrected chi connectivity index (χ0v) is 16.0. The van der Waals surface area contributed by atoms with Gasteiger partial charge < -0.3 is 14.8 Å². The van der Waals surface area contributed by atoms with Crippen LogP contribution in [0.3, 0.4) is 0 Å². The summed E-state index contributed by atoms with van der Waals surface area (Å²) in [5.41, 5.74) is 0.727. The number of carbonyl (C=O) groups excluding carboxylic acids is 3. The van der Waals surface area contributed by atoms with Gasteiger partial charge in [0, 0.05) is 41.5 Å². The van der Waals surface area contributed by atoms with Gasteiger partial charge in [0.15, 0.2) is 17.4 Å². The summed E-state index contributed by atoms with van der Waals surface area (Å²) in [7, 11) is 0. The number of Topliss-reactive ketones (excluding diaryl/α,β-unsaturated/α-hetero) is 1. The minimum Gasteiger partial charge on any atom is -0.355 e. The molecule has 1 heterocycles. The number of nitrogens with one attached hydrogen (secondary N) is 1. The fourth-order valence-electron chi connectivity index (χ4n) is 3.26. The topological polar surface area (TPSA) is 81.7 Å². The van der Waals surface area contributed by atoms with Crippen LogP contribution in [0.2, 0.25) is 0 Å². The van der Waals surface area contributed by atoms with Crippen LogP contribution in [-0.4, -0.2) is 43.0 Å². The van der Waals surface area contributed by atoms with Gasteiger partial charge in [0.25, 0.3) is 0 Å². The highest BCUT2D eigenvalue weighted by molar-refractivity contribution is 6.24. The van der Waals surface area contributed by atoms with Gasteiger partial charge in [-0.2, -0.15) is 0 Å².